The molecule has 0 aliphatic heterocycles. The maximum absolute atomic E-state index is 5.35. The van der Waals surface area contributed by atoms with Crippen molar-refractivity contribution in [2.45, 2.75) is 6.92 Å². The van der Waals surface area contributed by atoms with Crippen LogP contribution in [0.4, 0.5) is 0 Å². The van der Waals surface area contributed by atoms with Crippen molar-refractivity contribution in [3.63, 3.8) is 0 Å². The molecule has 0 heterocycles. The van der Waals surface area contributed by atoms with Crippen molar-refractivity contribution < 1.29 is 0 Å². The summed E-state index contributed by atoms with van der Waals surface area (Å²) in [6.45, 7) is 2.35. The van der Waals surface area contributed by atoms with E-state index in [4.69, 9.17) is 23.2 Å². The van der Waals surface area contributed by atoms with Crippen LogP contribution in [0.5, 0.6) is 0 Å². The minimum absolute atomic E-state index is 0.546. The highest BCUT2D eigenvalue weighted by molar-refractivity contribution is 6.64. The zero-order chi connectivity index (χ0) is 5.70. The van der Waals surface area contributed by atoms with Crippen molar-refractivity contribution in [1.82, 2.24) is 0 Å². The van der Waals surface area contributed by atoms with E-state index in [0.717, 1.165) is 0 Å². The van der Waals surface area contributed by atoms with Gasteiger partial charge in [0.05, 0.1) is 11.7 Å². The lowest BCUT2D eigenvalue weighted by Gasteiger charge is -1.82. The summed E-state index contributed by atoms with van der Waals surface area (Å²) in [4.78, 5) is 3.79. The summed E-state index contributed by atoms with van der Waals surface area (Å²) in [5.74, 6) is 0.546. The van der Waals surface area contributed by atoms with Crippen LogP contribution in [-0.2, 0) is 0 Å². The number of nitrogens with zero attached hydrogens (tertiary/aromatic N) is 1. The van der Waals surface area contributed by atoms with Crippen LogP contribution in [0.3, 0.4) is 0 Å². The van der Waals surface area contributed by atoms with Crippen LogP contribution < -0.4 is 0 Å². The number of hydrogen-bond donors (Lipinski definition) is 0. The van der Waals surface area contributed by atoms with Gasteiger partial charge in [-0.2, -0.15) is 0 Å². The summed E-state index contributed by atoms with van der Waals surface area (Å²) >= 11 is 10.6. The average Bonchev–Trinajstić information content (AvgIpc) is 1.61. The summed E-state index contributed by atoms with van der Waals surface area (Å²) in [5, 5.41) is 0.570. The molecule has 1 nitrogen and oxygen atoms in total. The first-order valence-electron chi connectivity index (χ1n) is 2.00. The quantitative estimate of drug-likeness (QED) is 0.410. The van der Waals surface area contributed by atoms with Crippen LogP contribution in [0.25, 0.3) is 0 Å². The Labute approximate surface area is 53.3 Å². The fourth-order valence-corrected chi connectivity index (χ4v) is 0.365. The molecule has 0 saturated carbocycles. The molecule has 0 radical (unpaired) electrons. The zero-order valence-corrected chi connectivity index (χ0v) is 5.63. The Morgan fingerprint density at radius 1 is 1.71 bits per heavy atom. The number of rotatable bonds is 2. The molecule has 0 spiro atoms. The van der Waals surface area contributed by atoms with Gasteiger partial charge in [0, 0.05) is 5.88 Å². The van der Waals surface area contributed by atoms with Crippen molar-refractivity contribution in [3.05, 3.63) is 0 Å². The van der Waals surface area contributed by atoms with Gasteiger partial charge >= 0.3 is 0 Å². The van der Waals surface area contributed by atoms with Gasteiger partial charge < -0.3 is 0 Å². The van der Waals surface area contributed by atoms with Gasteiger partial charge in [0.15, 0.2) is 0 Å². The predicted molar refractivity (Wildman–Crippen MR) is 34.5 cm³/mol. The molecule has 0 fully saturated rings. The molecule has 3 heteroatoms. The van der Waals surface area contributed by atoms with E-state index in [2.05, 4.69) is 4.99 Å². The normalized spacial score (nSPS) is 12.1. The molecule has 0 aliphatic rings. The lowest BCUT2D eigenvalue weighted by molar-refractivity contribution is 1.14. The van der Waals surface area contributed by atoms with Crippen molar-refractivity contribution >= 4 is 28.4 Å². The maximum atomic E-state index is 5.35. The minimum atomic E-state index is 0.546. The van der Waals surface area contributed by atoms with Gasteiger partial charge in [0.25, 0.3) is 0 Å². The van der Waals surface area contributed by atoms with Crippen LogP contribution in [0, 0.1) is 0 Å². The molecule has 0 rings (SSSR count). The first kappa shape index (κ1) is 7.25. The van der Waals surface area contributed by atoms with Crippen molar-refractivity contribution in [2.75, 3.05) is 12.4 Å². The Bertz CT molecular complexity index is 66.1. The first-order valence-corrected chi connectivity index (χ1v) is 2.91. The summed E-state index contributed by atoms with van der Waals surface area (Å²) in [6, 6.07) is 0. The fourth-order valence-electron chi connectivity index (χ4n) is 0.196. The van der Waals surface area contributed by atoms with Gasteiger partial charge in [-0.25, -0.2) is 0 Å². The molecule has 0 bridgehead atoms. The molecule has 0 aliphatic carbocycles. The zero-order valence-electron chi connectivity index (χ0n) is 4.12. The van der Waals surface area contributed by atoms with E-state index < -0.39 is 0 Å². The molecule has 0 unspecified atom stereocenters. The van der Waals surface area contributed by atoms with Crippen LogP contribution in [0.2, 0.25) is 0 Å². The van der Waals surface area contributed by atoms with Crippen LogP contribution in [-0.4, -0.2) is 17.6 Å². The third kappa shape index (κ3) is 6.25. The van der Waals surface area contributed by atoms with Crippen molar-refractivity contribution in [3.8, 4) is 0 Å². The Kier molecular flexibility index (Phi) is 4.57. The van der Waals surface area contributed by atoms with Gasteiger partial charge in [-0.1, -0.05) is 11.6 Å². The molecule has 0 aromatic rings. The van der Waals surface area contributed by atoms with Crippen LogP contribution >= 0.6 is 23.2 Å². The van der Waals surface area contributed by atoms with E-state index in [9.17, 15) is 0 Å². The third-order valence-electron chi connectivity index (χ3n) is 0.414. The molecule has 7 heavy (non-hydrogen) atoms. The predicted octanol–water partition coefficient (Wildman–Crippen LogP) is 1.88. The van der Waals surface area contributed by atoms with Gasteiger partial charge in [-0.15, -0.1) is 11.6 Å². The monoisotopic (exact) mass is 139 g/mol. The average molecular weight is 140 g/mol. The van der Waals surface area contributed by atoms with E-state index in [1.54, 1.807) is 6.92 Å². The molecular formula is C4H7Cl2N. The van der Waals surface area contributed by atoms with Crippen molar-refractivity contribution in [1.29, 1.82) is 0 Å². The highest BCUT2D eigenvalue weighted by atomic mass is 35.5. The molecule has 0 saturated heterocycles. The highest BCUT2D eigenvalue weighted by Gasteiger charge is 1.77. The third-order valence-corrected chi connectivity index (χ3v) is 0.703. The minimum Gasteiger partial charge on any atom is -0.277 e. The maximum Gasteiger partial charge on any atom is 0.0972 e. The Hall–Kier alpha value is 0.250. The fraction of sp³-hybridized carbons (Fsp3) is 0.750. The molecule has 0 amide bonds. The topological polar surface area (TPSA) is 12.4 Å². The van der Waals surface area contributed by atoms with Gasteiger partial charge in [0.2, 0.25) is 0 Å². The first-order chi connectivity index (χ1) is 3.27. The summed E-state index contributed by atoms with van der Waals surface area (Å²) in [5.41, 5.74) is 0. The Morgan fingerprint density at radius 3 is 2.43 bits per heavy atom. The van der Waals surface area contributed by atoms with Crippen molar-refractivity contribution in [2.24, 2.45) is 4.99 Å². The highest BCUT2D eigenvalue weighted by Crippen LogP contribution is 1.83. The van der Waals surface area contributed by atoms with E-state index in [-0.39, 0.29) is 0 Å². The second-order valence-electron chi connectivity index (χ2n) is 1.07. The largest absolute Gasteiger partial charge is 0.277 e. The SMILES string of the molecule is C/C(Cl)=N/CCCl. The summed E-state index contributed by atoms with van der Waals surface area (Å²) in [7, 11) is 0. The van der Waals surface area contributed by atoms with E-state index in [0.29, 0.717) is 17.6 Å². The van der Waals surface area contributed by atoms with E-state index in [1.807, 2.05) is 0 Å². The molecule has 0 aromatic heterocycles. The van der Waals surface area contributed by atoms with E-state index in [1.165, 1.54) is 0 Å². The Morgan fingerprint density at radius 2 is 2.29 bits per heavy atom. The number of alkyl halides is 1. The summed E-state index contributed by atoms with van der Waals surface area (Å²) in [6.07, 6.45) is 0. The molecule has 42 valence electrons. The lowest BCUT2D eigenvalue weighted by atomic mass is 10.7. The van der Waals surface area contributed by atoms with Gasteiger partial charge in [-0.3, -0.25) is 4.99 Å². The van der Waals surface area contributed by atoms with E-state index >= 15 is 0 Å². The lowest BCUT2D eigenvalue weighted by Crippen LogP contribution is -1.83. The molecule has 0 aromatic carbocycles. The second kappa shape index (κ2) is 4.41. The van der Waals surface area contributed by atoms with Gasteiger partial charge in [0.1, 0.15) is 0 Å². The molecule has 0 atom stereocenters. The smallest absolute Gasteiger partial charge is 0.0972 e. The second-order valence-corrected chi connectivity index (χ2v) is 1.99. The van der Waals surface area contributed by atoms with Gasteiger partial charge in [-0.05, 0) is 6.92 Å². The van der Waals surface area contributed by atoms with Crippen LogP contribution in [0.15, 0.2) is 4.99 Å². The molecular weight excluding hydrogens is 133 g/mol. The number of hydrogen-bond acceptors (Lipinski definition) is 1. The van der Waals surface area contributed by atoms with Crippen LogP contribution in [0.1, 0.15) is 6.92 Å². The standard InChI is InChI=1S/C4H7Cl2N/c1-4(6)7-3-2-5/h2-3H2,1H3/b7-4-. The Balaban J connectivity index is 3.08. The number of halogens is 2. The number of aliphatic imine (C=N–C) groups is 1. The molecule has 0 N–H and O–H groups in total. The summed E-state index contributed by atoms with van der Waals surface area (Å²) < 4.78 is 0.